The number of carbonyl (C=O) groups is 1. The highest BCUT2D eigenvalue weighted by Gasteiger charge is 2.21. The Hall–Kier alpha value is -1.42. The second-order valence-corrected chi connectivity index (χ2v) is 4.12. The topological polar surface area (TPSA) is 38.3 Å². The van der Waals surface area contributed by atoms with Crippen LogP contribution in [0, 0.1) is 5.82 Å². The van der Waals surface area contributed by atoms with Gasteiger partial charge in [0.25, 0.3) is 0 Å². The van der Waals surface area contributed by atoms with Gasteiger partial charge in [-0.2, -0.15) is 0 Å². The van der Waals surface area contributed by atoms with Crippen molar-refractivity contribution in [2.24, 2.45) is 0 Å². The van der Waals surface area contributed by atoms with Gasteiger partial charge in [0.05, 0.1) is 6.61 Å². The monoisotopic (exact) mass is 253 g/mol. The van der Waals surface area contributed by atoms with Crippen LogP contribution < -0.4 is 5.32 Å². The van der Waals surface area contributed by atoms with Crippen molar-refractivity contribution in [3.8, 4) is 0 Å². The smallest absolute Gasteiger partial charge is 0.323 e. The van der Waals surface area contributed by atoms with Gasteiger partial charge in [-0.15, -0.1) is 0 Å². The maximum atomic E-state index is 13.6. The minimum atomic E-state index is -0.403. The van der Waals surface area contributed by atoms with E-state index in [-0.39, 0.29) is 17.8 Å². The maximum absolute atomic E-state index is 13.6. The Balaban J connectivity index is 2.70. The summed E-state index contributed by atoms with van der Waals surface area (Å²) in [5.41, 5.74) is 0.556. The molecule has 0 radical (unpaired) electrons. The average Bonchev–Trinajstić information content (AvgIpc) is 2.36. The predicted octanol–water partition coefficient (Wildman–Crippen LogP) is 2.82. The van der Waals surface area contributed by atoms with Crippen LogP contribution in [-0.2, 0) is 9.53 Å². The van der Waals surface area contributed by atoms with Crippen LogP contribution in [0.3, 0.4) is 0 Å². The molecule has 18 heavy (non-hydrogen) atoms. The van der Waals surface area contributed by atoms with Gasteiger partial charge in [0.1, 0.15) is 11.9 Å². The van der Waals surface area contributed by atoms with Gasteiger partial charge in [0.15, 0.2) is 0 Å². The summed E-state index contributed by atoms with van der Waals surface area (Å²) in [4.78, 5) is 11.6. The molecular weight excluding hydrogens is 233 g/mol. The summed E-state index contributed by atoms with van der Waals surface area (Å²) in [6.45, 7) is 5.85. The molecule has 0 fully saturated rings. The number of nitrogens with one attached hydrogen (secondary N) is 1. The first-order valence-corrected chi connectivity index (χ1v) is 6.27. The molecule has 1 unspecified atom stereocenters. The zero-order chi connectivity index (χ0) is 13.5. The van der Waals surface area contributed by atoms with Crippen molar-refractivity contribution < 1.29 is 13.9 Å². The van der Waals surface area contributed by atoms with Gasteiger partial charge in [-0.05, 0) is 26.3 Å². The van der Waals surface area contributed by atoms with E-state index in [0.29, 0.717) is 18.6 Å². The van der Waals surface area contributed by atoms with E-state index >= 15 is 0 Å². The summed E-state index contributed by atoms with van der Waals surface area (Å²) in [5, 5.41) is 3.09. The third-order valence-corrected chi connectivity index (χ3v) is 2.80. The molecule has 100 valence electrons. The molecule has 3 nitrogen and oxygen atoms in total. The minimum absolute atomic E-state index is 0.236. The van der Waals surface area contributed by atoms with Gasteiger partial charge >= 0.3 is 5.97 Å². The summed E-state index contributed by atoms with van der Waals surface area (Å²) in [6, 6.07) is 5.92. The Morgan fingerprint density at radius 2 is 2.06 bits per heavy atom. The SMILES string of the molecule is CCOC(=O)C(CC)N[C@H](C)c1ccccc1F. The van der Waals surface area contributed by atoms with E-state index in [2.05, 4.69) is 5.32 Å². The molecule has 4 heteroatoms. The number of benzene rings is 1. The van der Waals surface area contributed by atoms with Gasteiger partial charge in [-0.3, -0.25) is 10.1 Å². The molecule has 0 aliphatic heterocycles. The number of rotatable bonds is 6. The number of hydrogen-bond donors (Lipinski definition) is 1. The molecular formula is C14H20FNO2. The van der Waals surface area contributed by atoms with Crippen LogP contribution in [-0.4, -0.2) is 18.6 Å². The number of ether oxygens (including phenoxy) is 1. The first-order chi connectivity index (χ1) is 8.60. The van der Waals surface area contributed by atoms with Crippen molar-refractivity contribution in [2.45, 2.75) is 39.3 Å². The number of halogens is 1. The number of hydrogen-bond acceptors (Lipinski definition) is 3. The third-order valence-electron chi connectivity index (χ3n) is 2.80. The molecule has 0 amide bonds. The van der Waals surface area contributed by atoms with Crippen LogP contribution in [0.15, 0.2) is 24.3 Å². The summed E-state index contributed by atoms with van der Waals surface area (Å²) < 4.78 is 18.6. The lowest BCUT2D eigenvalue weighted by Gasteiger charge is -2.21. The average molecular weight is 253 g/mol. The highest BCUT2D eigenvalue weighted by Crippen LogP contribution is 2.17. The fraction of sp³-hybridized carbons (Fsp3) is 0.500. The Bertz CT molecular complexity index is 395. The lowest BCUT2D eigenvalue weighted by molar-refractivity contribution is -0.146. The van der Waals surface area contributed by atoms with E-state index in [0.717, 1.165) is 0 Å². The van der Waals surface area contributed by atoms with Crippen LogP contribution >= 0.6 is 0 Å². The quantitative estimate of drug-likeness (QED) is 0.792. The van der Waals surface area contributed by atoms with E-state index < -0.39 is 6.04 Å². The highest BCUT2D eigenvalue weighted by molar-refractivity contribution is 5.75. The second kappa shape index (κ2) is 7.11. The van der Waals surface area contributed by atoms with Gasteiger partial charge in [0, 0.05) is 11.6 Å². The molecule has 1 aromatic carbocycles. The molecule has 0 spiro atoms. The molecule has 0 saturated carbocycles. The maximum Gasteiger partial charge on any atom is 0.323 e. The lowest BCUT2D eigenvalue weighted by atomic mass is 10.1. The first kappa shape index (κ1) is 14.6. The largest absolute Gasteiger partial charge is 0.465 e. The Morgan fingerprint density at radius 3 is 2.61 bits per heavy atom. The van der Waals surface area contributed by atoms with Crippen molar-refractivity contribution in [1.82, 2.24) is 5.32 Å². The predicted molar refractivity (Wildman–Crippen MR) is 68.7 cm³/mol. The molecule has 0 aliphatic carbocycles. The van der Waals surface area contributed by atoms with E-state index in [1.807, 2.05) is 13.8 Å². The van der Waals surface area contributed by atoms with Crippen LogP contribution in [0.25, 0.3) is 0 Å². The van der Waals surface area contributed by atoms with Crippen molar-refractivity contribution in [2.75, 3.05) is 6.61 Å². The molecule has 0 heterocycles. The molecule has 2 atom stereocenters. The zero-order valence-corrected chi connectivity index (χ0v) is 11.1. The van der Waals surface area contributed by atoms with Crippen LogP contribution in [0.4, 0.5) is 4.39 Å². The van der Waals surface area contributed by atoms with Crippen LogP contribution in [0.5, 0.6) is 0 Å². The lowest BCUT2D eigenvalue weighted by Crippen LogP contribution is -2.39. The summed E-state index contributed by atoms with van der Waals surface area (Å²) in [7, 11) is 0. The number of esters is 1. The molecule has 0 aromatic heterocycles. The van der Waals surface area contributed by atoms with E-state index in [1.54, 1.807) is 25.1 Å². The van der Waals surface area contributed by atoms with E-state index in [4.69, 9.17) is 4.74 Å². The summed E-state index contributed by atoms with van der Waals surface area (Å²) >= 11 is 0. The Labute approximate surface area is 107 Å². The van der Waals surface area contributed by atoms with Crippen molar-refractivity contribution in [3.05, 3.63) is 35.6 Å². The molecule has 1 N–H and O–H groups in total. The van der Waals surface area contributed by atoms with Gasteiger partial charge in [-0.1, -0.05) is 25.1 Å². The Morgan fingerprint density at radius 1 is 1.39 bits per heavy atom. The molecule has 0 aliphatic rings. The van der Waals surface area contributed by atoms with E-state index in [1.165, 1.54) is 6.07 Å². The normalized spacial score (nSPS) is 14.0. The van der Waals surface area contributed by atoms with Crippen molar-refractivity contribution >= 4 is 5.97 Å². The summed E-state index contributed by atoms with van der Waals surface area (Å²) in [6.07, 6.45) is 0.609. The minimum Gasteiger partial charge on any atom is -0.465 e. The van der Waals surface area contributed by atoms with Crippen LogP contribution in [0.1, 0.15) is 38.8 Å². The van der Waals surface area contributed by atoms with Gasteiger partial charge < -0.3 is 4.74 Å². The van der Waals surface area contributed by atoms with Crippen LogP contribution in [0.2, 0.25) is 0 Å². The molecule has 1 rings (SSSR count). The number of carbonyl (C=O) groups excluding carboxylic acids is 1. The highest BCUT2D eigenvalue weighted by atomic mass is 19.1. The standard InChI is InChI=1S/C14H20FNO2/c1-4-13(14(17)18-5-2)16-10(3)11-8-6-7-9-12(11)15/h6-10,13,16H,4-5H2,1-3H3/t10-,13?/m1/s1. The fourth-order valence-electron chi connectivity index (χ4n) is 1.81. The van der Waals surface area contributed by atoms with Crippen molar-refractivity contribution in [3.63, 3.8) is 0 Å². The van der Waals surface area contributed by atoms with E-state index in [9.17, 15) is 9.18 Å². The molecule has 0 saturated heterocycles. The van der Waals surface area contributed by atoms with Gasteiger partial charge in [0.2, 0.25) is 0 Å². The third kappa shape index (κ3) is 3.81. The second-order valence-electron chi connectivity index (χ2n) is 4.12. The fourth-order valence-corrected chi connectivity index (χ4v) is 1.81. The van der Waals surface area contributed by atoms with Crippen molar-refractivity contribution in [1.29, 1.82) is 0 Å². The summed E-state index contributed by atoms with van der Waals surface area (Å²) in [5.74, 6) is -0.556. The molecule has 1 aromatic rings. The first-order valence-electron chi connectivity index (χ1n) is 6.27. The molecule has 0 bridgehead atoms. The Kier molecular flexibility index (Phi) is 5.78. The van der Waals surface area contributed by atoms with Gasteiger partial charge in [-0.25, -0.2) is 4.39 Å². The zero-order valence-electron chi connectivity index (χ0n) is 11.1.